The van der Waals surface area contributed by atoms with Crippen molar-refractivity contribution in [1.82, 2.24) is 9.97 Å². The maximum Gasteiger partial charge on any atom is 0.293 e. The molecule has 0 aliphatic carbocycles. The number of hydrogen-bond donors (Lipinski definition) is 2. The summed E-state index contributed by atoms with van der Waals surface area (Å²) < 4.78 is 5.88. The van der Waals surface area contributed by atoms with Gasteiger partial charge in [-0.05, 0) is 46.9 Å². The summed E-state index contributed by atoms with van der Waals surface area (Å²) in [6.45, 7) is 0.570. The molecule has 1 N–H and O–H groups in total. The molecule has 0 spiro atoms. The Morgan fingerprint density at radius 1 is 1.40 bits per heavy atom. The number of anilines is 2. The van der Waals surface area contributed by atoms with Crippen molar-refractivity contribution in [3.8, 4) is 0 Å². The first-order chi connectivity index (χ1) is 9.70. The van der Waals surface area contributed by atoms with Crippen LogP contribution in [-0.4, -0.2) is 23.0 Å². The van der Waals surface area contributed by atoms with Crippen molar-refractivity contribution >= 4 is 53.2 Å². The highest BCUT2D eigenvalue weighted by Crippen LogP contribution is 2.27. The third kappa shape index (κ3) is 4.07. The standard InChI is InChI=1S/C13H12IN3O2S/c14-9-1-3-10(4-2-9)17-13-11(5-15-7-16-13)12(20)6-19-8-18/h1-5,7-8,12,20H,6H2,(H,15,16,17). The van der Waals surface area contributed by atoms with Crippen LogP contribution in [0.3, 0.4) is 0 Å². The first-order valence-corrected chi connectivity index (χ1v) is 7.36. The van der Waals surface area contributed by atoms with Gasteiger partial charge in [0.25, 0.3) is 6.47 Å². The van der Waals surface area contributed by atoms with E-state index in [1.54, 1.807) is 6.20 Å². The Kier molecular flexibility index (Phi) is 5.60. The summed E-state index contributed by atoms with van der Waals surface area (Å²) >= 11 is 6.65. The van der Waals surface area contributed by atoms with E-state index in [0.717, 1.165) is 14.8 Å². The maximum absolute atomic E-state index is 10.2. The Morgan fingerprint density at radius 3 is 2.85 bits per heavy atom. The monoisotopic (exact) mass is 401 g/mol. The molecule has 1 aromatic heterocycles. The number of carbonyl (C=O) groups is 1. The van der Waals surface area contributed by atoms with Gasteiger partial charge < -0.3 is 10.1 Å². The highest BCUT2D eigenvalue weighted by molar-refractivity contribution is 14.1. The molecule has 0 fully saturated rings. The van der Waals surface area contributed by atoms with Gasteiger partial charge in [0.2, 0.25) is 0 Å². The summed E-state index contributed by atoms with van der Waals surface area (Å²) in [6, 6.07) is 7.92. The summed E-state index contributed by atoms with van der Waals surface area (Å²) in [6.07, 6.45) is 3.12. The molecule has 0 saturated heterocycles. The molecule has 1 unspecified atom stereocenters. The Labute approximate surface area is 135 Å². The molecule has 1 aromatic carbocycles. The summed E-state index contributed by atoms with van der Waals surface area (Å²) in [7, 11) is 0. The van der Waals surface area contributed by atoms with Crippen molar-refractivity contribution in [2.75, 3.05) is 11.9 Å². The van der Waals surface area contributed by atoms with Crippen molar-refractivity contribution in [2.45, 2.75) is 5.25 Å². The fourth-order valence-corrected chi connectivity index (χ4v) is 2.21. The van der Waals surface area contributed by atoms with E-state index in [2.05, 4.69) is 50.5 Å². The molecule has 0 aliphatic rings. The minimum Gasteiger partial charge on any atom is -0.466 e. The van der Waals surface area contributed by atoms with Crippen LogP contribution in [-0.2, 0) is 9.53 Å². The first kappa shape index (κ1) is 15.0. The fraction of sp³-hybridized carbons (Fsp3) is 0.154. The van der Waals surface area contributed by atoms with Crippen LogP contribution in [0.15, 0.2) is 36.8 Å². The number of ether oxygens (including phenoxy) is 1. The van der Waals surface area contributed by atoms with E-state index < -0.39 is 0 Å². The van der Waals surface area contributed by atoms with Crippen molar-refractivity contribution < 1.29 is 9.53 Å². The SMILES string of the molecule is O=COCC(S)c1cncnc1Nc1ccc(I)cc1. The molecule has 0 aliphatic heterocycles. The van der Waals surface area contributed by atoms with Crippen LogP contribution in [0.4, 0.5) is 11.5 Å². The topological polar surface area (TPSA) is 64.1 Å². The molecule has 0 amide bonds. The number of halogens is 1. The number of rotatable bonds is 6. The number of nitrogens with one attached hydrogen (secondary N) is 1. The van der Waals surface area contributed by atoms with E-state index in [1.807, 2.05) is 24.3 Å². The fourth-order valence-electron chi connectivity index (χ4n) is 1.58. The molecule has 0 bridgehead atoms. The summed E-state index contributed by atoms with van der Waals surface area (Å²) in [4.78, 5) is 18.4. The van der Waals surface area contributed by atoms with Crippen LogP contribution in [0.25, 0.3) is 0 Å². The predicted molar refractivity (Wildman–Crippen MR) is 88.2 cm³/mol. The van der Waals surface area contributed by atoms with Crippen molar-refractivity contribution in [1.29, 1.82) is 0 Å². The van der Waals surface area contributed by atoms with Gasteiger partial charge in [-0.1, -0.05) is 0 Å². The second-order valence-electron chi connectivity index (χ2n) is 3.90. The molecule has 20 heavy (non-hydrogen) atoms. The number of carbonyl (C=O) groups excluding carboxylic acids is 1. The maximum atomic E-state index is 10.2. The van der Waals surface area contributed by atoms with Crippen LogP contribution in [0.2, 0.25) is 0 Å². The minimum absolute atomic E-state index is 0.168. The molecule has 7 heteroatoms. The summed E-state index contributed by atoms with van der Waals surface area (Å²) in [5.74, 6) is 0.649. The molecule has 0 saturated carbocycles. The van der Waals surface area contributed by atoms with Crippen molar-refractivity contribution in [3.63, 3.8) is 0 Å². The van der Waals surface area contributed by atoms with Gasteiger partial charge in [0.15, 0.2) is 0 Å². The average Bonchev–Trinajstić information content (AvgIpc) is 2.48. The highest BCUT2D eigenvalue weighted by atomic mass is 127. The van der Waals surface area contributed by atoms with Gasteiger partial charge in [-0.15, -0.1) is 0 Å². The van der Waals surface area contributed by atoms with E-state index in [9.17, 15) is 4.79 Å². The lowest BCUT2D eigenvalue weighted by atomic mass is 10.2. The number of thiol groups is 1. The van der Waals surface area contributed by atoms with E-state index in [1.165, 1.54) is 6.33 Å². The Morgan fingerprint density at radius 2 is 2.15 bits per heavy atom. The van der Waals surface area contributed by atoms with Crippen LogP contribution in [0.1, 0.15) is 10.8 Å². The zero-order chi connectivity index (χ0) is 14.4. The first-order valence-electron chi connectivity index (χ1n) is 5.76. The zero-order valence-corrected chi connectivity index (χ0v) is 13.4. The van der Waals surface area contributed by atoms with E-state index in [0.29, 0.717) is 12.3 Å². The quantitative estimate of drug-likeness (QED) is 0.443. The van der Waals surface area contributed by atoms with E-state index in [4.69, 9.17) is 4.74 Å². The molecular formula is C13H12IN3O2S. The van der Waals surface area contributed by atoms with Gasteiger partial charge in [0.1, 0.15) is 18.8 Å². The molecule has 0 radical (unpaired) electrons. The van der Waals surface area contributed by atoms with Crippen LogP contribution in [0.5, 0.6) is 0 Å². The number of aromatic nitrogens is 2. The van der Waals surface area contributed by atoms with Gasteiger partial charge in [-0.3, -0.25) is 4.79 Å². The lowest BCUT2D eigenvalue weighted by Crippen LogP contribution is -2.06. The zero-order valence-electron chi connectivity index (χ0n) is 10.4. The largest absolute Gasteiger partial charge is 0.466 e. The highest BCUT2D eigenvalue weighted by Gasteiger charge is 2.13. The summed E-state index contributed by atoms with van der Waals surface area (Å²) in [5.41, 5.74) is 1.69. The minimum atomic E-state index is -0.284. The van der Waals surface area contributed by atoms with E-state index >= 15 is 0 Å². The van der Waals surface area contributed by atoms with Gasteiger partial charge in [0, 0.05) is 21.0 Å². The van der Waals surface area contributed by atoms with Crippen molar-refractivity contribution in [3.05, 3.63) is 45.9 Å². The lowest BCUT2D eigenvalue weighted by molar-refractivity contribution is -0.128. The molecule has 2 aromatic rings. The molecule has 104 valence electrons. The van der Waals surface area contributed by atoms with Crippen molar-refractivity contribution in [2.24, 2.45) is 0 Å². The Hall–Kier alpha value is -1.35. The van der Waals surface area contributed by atoms with Gasteiger partial charge >= 0.3 is 0 Å². The number of hydrogen-bond acceptors (Lipinski definition) is 6. The molecule has 5 nitrogen and oxygen atoms in total. The summed E-state index contributed by atoms with van der Waals surface area (Å²) in [5, 5.41) is 2.93. The molecule has 2 rings (SSSR count). The van der Waals surface area contributed by atoms with Crippen LogP contribution < -0.4 is 5.32 Å². The van der Waals surface area contributed by atoms with Gasteiger partial charge in [-0.2, -0.15) is 12.6 Å². The van der Waals surface area contributed by atoms with Crippen LogP contribution >= 0.6 is 35.2 Å². The Bertz CT molecular complexity index is 580. The lowest BCUT2D eigenvalue weighted by Gasteiger charge is -2.14. The van der Waals surface area contributed by atoms with E-state index in [-0.39, 0.29) is 11.9 Å². The number of nitrogens with zero attached hydrogens (tertiary/aromatic N) is 2. The molecule has 1 atom stereocenters. The smallest absolute Gasteiger partial charge is 0.293 e. The third-order valence-electron chi connectivity index (χ3n) is 2.53. The second-order valence-corrected chi connectivity index (χ2v) is 5.77. The third-order valence-corrected chi connectivity index (χ3v) is 3.68. The average molecular weight is 401 g/mol. The van der Waals surface area contributed by atoms with Gasteiger partial charge in [0.05, 0.1) is 5.25 Å². The normalized spacial score (nSPS) is 11.7. The Balaban J connectivity index is 2.18. The number of benzene rings is 1. The second kappa shape index (κ2) is 7.44. The van der Waals surface area contributed by atoms with Crippen LogP contribution in [0, 0.1) is 3.57 Å². The van der Waals surface area contributed by atoms with Gasteiger partial charge in [-0.25, -0.2) is 9.97 Å². The molecular weight excluding hydrogens is 389 g/mol. The predicted octanol–water partition coefficient (Wildman–Crippen LogP) is 2.97. The molecule has 1 heterocycles.